The van der Waals surface area contributed by atoms with E-state index in [1.54, 1.807) is 32.0 Å². The molecule has 2 aromatic carbocycles. The molecule has 0 atom stereocenters. The highest BCUT2D eigenvalue weighted by Crippen LogP contribution is 2.27. The molecule has 5 rings (SSSR count). The smallest absolute Gasteiger partial charge is 0.435 e. The van der Waals surface area contributed by atoms with Gasteiger partial charge in [0.05, 0.1) is 22.0 Å². The van der Waals surface area contributed by atoms with Crippen LogP contribution < -0.4 is 15.4 Å². The van der Waals surface area contributed by atoms with Gasteiger partial charge in [-0.05, 0) is 72.1 Å². The molecule has 0 bridgehead atoms. The van der Waals surface area contributed by atoms with Gasteiger partial charge in [0.25, 0.3) is 17.6 Å². The minimum atomic E-state index is -4.81. The molecular formula is C29H23ClF5N9O3. The lowest BCUT2D eigenvalue weighted by atomic mass is 10.0. The van der Waals surface area contributed by atoms with Crippen molar-refractivity contribution in [3.05, 3.63) is 105 Å². The van der Waals surface area contributed by atoms with Gasteiger partial charge in [-0.1, -0.05) is 29.8 Å². The number of ether oxygens (including phenoxy) is 1. The van der Waals surface area contributed by atoms with Crippen molar-refractivity contribution >= 4 is 29.1 Å². The quantitative estimate of drug-likeness (QED) is 0.188. The standard InChI is InChI=1S/C29H23ClF5N9O3/c1-15-10-16(2)23(20(11-15)25(45)37-13-17-5-7-19(8-6-17)47-28(31)32)38-26(46)22-12-18(14-43-41-27(39-42-43)29(33,34)35)40-44(22)24-21(30)4-3-9-36-24/h3-12,28H,13-14H2,1-2H3,(H,37,45)(H,38,46). The summed E-state index contributed by atoms with van der Waals surface area (Å²) in [5.41, 5.74) is 2.13. The molecule has 0 saturated heterocycles. The molecule has 0 saturated carbocycles. The van der Waals surface area contributed by atoms with E-state index in [1.807, 2.05) is 0 Å². The van der Waals surface area contributed by atoms with Crippen molar-refractivity contribution < 1.29 is 36.3 Å². The molecule has 47 heavy (non-hydrogen) atoms. The number of halogens is 6. The van der Waals surface area contributed by atoms with Crippen LogP contribution in [0.1, 0.15) is 49.1 Å². The highest BCUT2D eigenvalue weighted by atomic mass is 35.5. The molecule has 0 aliphatic heterocycles. The minimum Gasteiger partial charge on any atom is -0.435 e. The van der Waals surface area contributed by atoms with E-state index in [-0.39, 0.29) is 52.3 Å². The second-order valence-corrected chi connectivity index (χ2v) is 10.5. The van der Waals surface area contributed by atoms with E-state index in [0.29, 0.717) is 15.9 Å². The van der Waals surface area contributed by atoms with Gasteiger partial charge in [-0.15, -0.1) is 10.2 Å². The number of aryl methyl sites for hydroxylation is 2. The van der Waals surface area contributed by atoms with E-state index in [2.05, 4.69) is 40.9 Å². The molecule has 244 valence electrons. The SMILES string of the molecule is Cc1cc(C)c(NC(=O)c2cc(Cn3nnc(C(F)(F)F)n3)nn2-c2ncccc2Cl)c(C(=O)NCc2ccc(OC(F)F)cc2)c1. The van der Waals surface area contributed by atoms with Crippen LogP contribution in [-0.2, 0) is 19.3 Å². The van der Waals surface area contributed by atoms with Gasteiger partial charge in [-0.2, -0.15) is 31.8 Å². The first kappa shape index (κ1) is 32.9. The molecule has 2 N–H and O–H groups in total. The van der Waals surface area contributed by atoms with E-state index in [0.717, 1.165) is 10.2 Å². The summed E-state index contributed by atoms with van der Waals surface area (Å²) in [6.45, 7) is 0.141. The summed E-state index contributed by atoms with van der Waals surface area (Å²) < 4.78 is 69.3. The van der Waals surface area contributed by atoms with E-state index >= 15 is 0 Å². The number of carbonyl (C=O) groups excluding carboxylic acids is 2. The Kier molecular flexibility index (Phi) is 9.46. The Labute approximate surface area is 267 Å². The molecule has 0 radical (unpaired) electrons. The third kappa shape index (κ3) is 7.86. The highest BCUT2D eigenvalue weighted by Gasteiger charge is 2.37. The Morgan fingerprint density at radius 2 is 1.77 bits per heavy atom. The van der Waals surface area contributed by atoms with Crippen LogP contribution in [0.5, 0.6) is 5.75 Å². The molecule has 0 aliphatic carbocycles. The maximum Gasteiger partial charge on any atom is 0.455 e. The molecule has 3 aromatic heterocycles. The predicted octanol–water partition coefficient (Wildman–Crippen LogP) is 5.37. The normalized spacial score (nSPS) is 11.5. The first-order valence-corrected chi connectivity index (χ1v) is 14.0. The molecule has 0 unspecified atom stereocenters. The highest BCUT2D eigenvalue weighted by molar-refractivity contribution is 6.32. The average Bonchev–Trinajstić information content (AvgIpc) is 3.66. The number of amides is 2. The van der Waals surface area contributed by atoms with Crippen molar-refractivity contribution in [1.82, 2.24) is 40.3 Å². The van der Waals surface area contributed by atoms with Crippen LogP contribution in [0.4, 0.5) is 27.6 Å². The van der Waals surface area contributed by atoms with Crippen LogP contribution in [0.2, 0.25) is 5.02 Å². The van der Waals surface area contributed by atoms with Gasteiger partial charge in [-0.25, -0.2) is 9.67 Å². The summed E-state index contributed by atoms with van der Waals surface area (Å²) in [5.74, 6) is -2.71. The number of hydrogen-bond acceptors (Lipinski definition) is 8. The average molecular weight is 676 g/mol. The zero-order valence-electron chi connectivity index (χ0n) is 24.4. The Morgan fingerprint density at radius 1 is 1.02 bits per heavy atom. The first-order valence-electron chi connectivity index (χ1n) is 13.6. The maximum absolute atomic E-state index is 13.8. The Morgan fingerprint density at radius 3 is 2.43 bits per heavy atom. The minimum absolute atomic E-state index is 0.0348. The number of alkyl halides is 5. The summed E-state index contributed by atoms with van der Waals surface area (Å²) in [6, 6.07) is 13.4. The van der Waals surface area contributed by atoms with Gasteiger partial charge in [-0.3, -0.25) is 9.59 Å². The molecule has 12 nitrogen and oxygen atoms in total. The zero-order chi connectivity index (χ0) is 33.9. The van der Waals surface area contributed by atoms with Crippen LogP contribution in [0.25, 0.3) is 5.82 Å². The Bertz CT molecular complexity index is 1930. The van der Waals surface area contributed by atoms with E-state index in [9.17, 15) is 31.5 Å². The number of carbonyl (C=O) groups is 2. The number of nitrogens with zero attached hydrogens (tertiary/aromatic N) is 7. The maximum atomic E-state index is 13.8. The number of tetrazole rings is 1. The van der Waals surface area contributed by atoms with Gasteiger partial charge in [0.1, 0.15) is 18.0 Å². The van der Waals surface area contributed by atoms with Gasteiger partial charge < -0.3 is 15.4 Å². The summed E-state index contributed by atoms with van der Waals surface area (Å²) in [6.07, 6.45) is -3.40. The lowest BCUT2D eigenvalue weighted by Crippen LogP contribution is -2.26. The monoisotopic (exact) mass is 675 g/mol. The van der Waals surface area contributed by atoms with Gasteiger partial charge in [0.2, 0.25) is 0 Å². The second kappa shape index (κ2) is 13.5. The summed E-state index contributed by atoms with van der Waals surface area (Å²) in [4.78, 5) is 32.0. The van der Waals surface area contributed by atoms with Crippen LogP contribution in [0, 0.1) is 13.8 Å². The third-order valence-corrected chi connectivity index (χ3v) is 6.80. The molecule has 3 heterocycles. The van der Waals surface area contributed by atoms with Crippen molar-refractivity contribution in [2.75, 3.05) is 5.32 Å². The number of hydrogen-bond donors (Lipinski definition) is 2. The molecule has 18 heteroatoms. The molecule has 0 fully saturated rings. The number of aromatic nitrogens is 7. The topological polar surface area (TPSA) is 142 Å². The summed E-state index contributed by atoms with van der Waals surface area (Å²) >= 11 is 6.33. The number of rotatable bonds is 10. The van der Waals surface area contributed by atoms with E-state index in [4.69, 9.17) is 11.6 Å². The van der Waals surface area contributed by atoms with Crippen molar-refractivity contribution in [3.8, 4) is 11.6 Å². The third-order valence-electron chi connectivity index (χ3n) is 6.51. The fraction of sp³-hybridized carbons (Fsp3) is 0.207. The number of benzene rings is 2. The van der Waals surface area contributed by atoms with Gasteiger partial charge in [0, 0.05) is 12.7 Å². The second-order valence-electron chi connectivity index (χ2n) is 10.0. The summed E-state index contributed by atoms with van der Waals surface area (Å²) in [7, 11) is 0. The summed E-state index contributed by atoms with van der Waals surface area (Å²) in [5, 5.41) is 19.7. The Balaban J connectivity index is 1.42. The van der Waals surface area contributed by atoms with Crippen LogP contribution in [0.15, 0.2) is 60.8 Å². The van der Waals surface area contributed by atoms with Crippen LogP contribution in [-0.4, -0.2) is 53.4 Å². The lowest BCUT2D eigenvalue weighted by molar-refractivity contribution is -0.145. The number of nitrogens with one attached hydrogen (secondary N) is 2. The molecule has 2 amide bonds. The zero-order valence-corrected chi connectivity index (χ0v) is 25.1. The van der Waals surface area contributed by atoms with Gasteiger partial charge >= 0.3 is 12.8 Å². The number of anilines is 1. The van der Waals surface area contributed by atoms with Crippen molar-refractivity contribution in [3.63, 3.8) is 0 Å². The molecule has 0 aliphatic rings. The van der Waals surface area contributed by atoms with Crippen LogP contribution in [0.3, 0.4) is 0 Å². The fourth-order valence-electron chi connectivity index (χ4n) is 4.49. The number of pyridine rings is 1. The van der Waals surface area contributed by atoms with E-state index in [1.165, 1.54) is 42.6 Å². The molecular weight excluding hydrogens is 653 g/mol. The predicted molar refractivity (Wildman–Crippen MR) is 156 cm³/mol. The van der Waals surface area contributed by atoms with Gasteiger partial charge in [0.15, 0.2) is 5.82 Å². The largest absolute Gasteiger partial charge is 0.455 e. The fourth-order valence-corrected chi connectivity index (χ4v) is 4.69. The first-order chi connectivity index (χ1) is 22.3. The van der Waals surface area contributed by atoms with Crippen molar-refractivity contribution in [1.29, 1.82) is 0 Å². The van der Waals surface area contributed by atoms with Crippen molar-refractivity contribution in [2.24, 2.45) is 0 Å². The molecule has 5 aromatic rings. The lowest BCUT2D eigenvalue weighted by Gasteiger charge is -2.16. The molecule has 0 spiro atoms. The van der Waals surface area contributed by atoms with E-state index < -0.39 is 30.4 Å². The van der Waals surface area contributed by atoms with Crippen molar-refractivity contribution in [2.45, 2.75) is 39.7 Å². The Hall–Kier alpha value is -5.45. The van der Waals surface area contributed by atoms with Crippen LogP contribution >= 0.6 is 11.6 Å².